The third kappa shape index (κ3) is 5.28. The SMILES string of the molecule is CCc1nc(CN(C)CC(=O)NC(C)C)cs1. The van der Waals surface area contributed by atoms with Crippen molar-refractivity contribution in [2.45, 2.75) is 39.8 Å². The summed E-state index contributed by atoms with van der Waals surface area (Å²) in [6, 6.07) is 0.196. The summed E-state index contributed by atoms with van der Waals surface area (Å²) in [4.78, 5) is 18.0. The number of hydrogen-bond acceptors (Lipinski definition) is 4. The van der Waals surface area contributed by atoms with Gasteiger partial charge < -0.3 is 5.32 Å². The van der Waals surface area contributed by atoms with Gasteiger partial charge in [-0.1, -0.05) is 6.92 Å². The van der Waals surface area contributed by atoms with Crippen molar-refractivity contribution in [1.82, 2.24) is 15.2 Å². The minimum atomic E-state index is 0.0634. The maximum absolute atomic E-state index is 11.5. The maximum atomic E-state index is 11.5. The molecule has 0 aromatic carbocycles. The van der Waals surface area contributed by atoms with Crippen LogP contribution in [-0.4, -0.2) is 35.4 Å². The van der Waals surface area contributed by atoms with E-state index in [0.29, 0.717) is 6.54 Å². The summed E-state index contributed by atoms with van der Waals surface area (Å²) < 4.78 is 0. The van der Waals surface area contributed by atoms with Crippen LogP contribution in [0.1, 0.15) is 31.5 Å². The van der Waals surface area contributed by atoms with Crippen molar-refractivity contribution in [3.05, 3.63) is 16.1 Å². The number of rotatable bonds is 6. The Bertz CT molecular complexity index is 362. The van der Waals surface area contributed by atoms with Crippen LogP contribution in [0.4, 0.5) is 0 Å². The third-order valence-corrected chi connectivity index (χ3v) is 3.24. The summed E-state index contributed by atoms with van der Waals surface area (Å²) in [7, 11) is 1.94. The van der Waals surface area contributed by atoms with Gasteiger partial charge in [-0.3, -0.25) is 9.69 Å². The predicted octanol–water partition coefficient (Wildman–Crippen LogP) is 1.66. The highest BCUT2D eigenvalue weighted by Gasteiger charge is 2.09. The first-order chi connectivity index (χ1) is 8.01. The molecule has 0 radical (unpaired) electrons. The average molecular weight is 255 g/mol. The fourth-order valence-corrected chi connectivity index (χ4v) is 2.27. The van der Waals surface area contributed by atoms with Gasteiger partial charge in [-0.25, -0.2) is 4.98 Å². The zero-order valence-electron chi connectivity index (χ0n) is 11.0. The fraction of sp³-hybridized carbons (Fsp3) is 0.667. The molecule has 1 heterocycles. The first-order valence-corrected chi connectivity index (χ1v) is 6.80. The molecule has 4 nitrogen and oxygen atoms in total. The van der Waals surface area contributed by atoms with Crippen molar-refractivity contribution in [3.63, 3.8) is 0 Å². The van der Waals surface area contributed by atoms with Gasteiger partial charge in [0, 0.05) is 18.0 Å². The second kappa shape index (κ2) is 6.71. The molecule has 1 amide bonds. The van der Waals surface area contributed by atoms with E-state index in [1.165, 1.54) is 0 Å². The normalized spacial score (nSPS) is 11.2. The van der Waals surface area contributed by atoms with Gasteiger partial charge in [-0.2, -0.15) is 0 Å². The van der Waals surface area contributed by atoms with Crippen molar-refractivity contribution in [2.75, 3.05) is 13.6 Å². The Hall–Kier alpha value is -0.940. The van der Waals surface area contributed by atoms with Crippen molar-refractivity contribution in [2.24, 2.45) is 0 Å². The van der Waals surface area contributed by atoms with Crippen LogP contribution in [0.2, 0.25) is 0 Å². The summed E-state index contributed by atoms with van der Waals surface area (Å²) in [5.41, 5.74) is 1.05. The minimum absolute atomic E-state index is 0.0634. The van der Waals surface area contributed by atoms with Gasteiger partial charge in [0.05, 0.1) is 17.2 Å². The van der Waals surface area contributed by atoms with Gasteiger partial charge in [0.25, 0.3) is 0 Å². The number of carbonyl (C=O) groups excluding carboxylic acids is 1. The standard InChI is InChI=1S/C12H21N3OS/c1-5-12-14-10(8-17-12)6-15(4)7-11(16)13-9(2)3/h8-9H,5-7H2,1-4H3,(H,13,16). The zero-order chi connectivity index (χ0) is 12.8. The summed E-state index contributed by atoms with van der Waals surface area (Å²) in [5.74, 6) is 0.0634. The molecule has 0 saturated carbocycles. The van der Waals surface area contributed by atoms with Gasteiger partial charge in [0.15, 0.2) is 0 Å². The Morgan fingerprint density at radius 1 is 1.59 bits per heavy atom. The molecule has 1 N–H and O–H groups in total. The van der Waals surface area contributed by atoms with Gasteiger partial charge in [-0.15, -0.1) is 11.3 Å². The summed E-state index contributed by atoms with van der Waals surface area (Å²) in [6.07, 6.45) is 0.974. The van der Waals surface area contributed by atoms with E-state index >= 15 is 0 Å². The third-order valence-electron chi connectivity index (χ3n) is 2.20. The Labute approximate surface area is 107 Å². The van der Waals surface area contributed by atoms with E-state index in [4.69, 9.17) is 0 Å². The highest BCUT2D eigenvalue weighted by molar-refractivity contribution is 7.09. The maximum Gasteiger partial charge on any atom is 0.234 e. The van der Waals surface area contributed by atoms with Crippen LogP contribution >= 0.6 is 11.3 Å². The van der Waals surface area contributed by atoms with Gasteiger partial charge in [-0.05, 0) is 27.3 Å². The lowest BCUT2D eigenvalue weighted by Gasteiger charge is -2.16. The molecule has 0 aliphatic rings. The van der Waals surface area contributed by atoms with Crippen LogP contribution < -0.4 is 5.32 Å². The molecule has 96 valence electrons. The van der Waals surface area contributed by atoms with E-state index in [0.717, 1.165) is 23.7 Å². The van der Waals surface area contributed by atoms with E-state index in [-0.39, 0.29) is 11.9 Å². The summed E-state index contributed by atoms with van der Waals surface area (Å²) in [6.45, 7) is 7.17. The lowest BCUT2D eigenvalue weighted by atomic mass is 10.3. The van der Waals surface area contributed by atoms with Crippen LogP contribution in [0.5, 0.6) is 0 Å². The predicted molar refractivity (Wildman–Crippen MR) is 71.1 cm³/mol. The monoisotopic (exact) mass is 255 g/mol. The van der Waals surface area contributed by atoms with Crippen molar-refractivity contribution in [1.29, 1.82) is 0 Å². The molecule has 0 bridgehead atoms. The largest absolute Gasteiger partial charge is 0.353 e. The highest BCUT2D eigenvalue weighted by Crippen LogP contribution is 2.11. The molecule has 5 heteroatoms. The van der Waals surface area contributed by atoms with E-state index in [1.807, 2.05) is 25.8 Å². The molecule has 0 aliphatic heterocycles. The second-order valence-electron chi connectivity index (χ2n) is 4.48. The van der Waals surface area contributed by atoms with E-state index < -0.39 is 0 Å². The van der Waals surface area contributed by atoms with Crippen LogP contribution in [0.3, 0.4) is 0 Å². The first kappa shape index (κ1) is 14.1. The number of aromatic nitrogens is 1. The number of carbonyl (C=O) groups is 1. The van der Waals surface area contributed by atoms with Crippen LogP contribution in [0.15, 0.2) is 5.38 Å². The molecule has 0 saturated heterocycles. The number of nitrogens with one attached hydrogen (secondary N) is 1. The molecule has 0 unspecified atom stereocenters. The number of hydrogen-bond donors (Lipinski definition) is 1. The Balaban J connectivity index is 2.38. The van der Waals surface area contributed by atoms with Crippen LogP contribution in [0.25, 0.3) is 0 Å². The molecule has 0 spiro atoms. The number of amides is 1. The van der Waals surface area contributed by atoms with Gasteiger partial charge >= 0.3 is 0 Å². The molecule has 0 atom stereocenters. The number of likely N-dealkylation sites (N-methyl/N-ethyl adjacent to an activating group) is 1. The number of nitrogens with zero attached hydrogens (tertiary/aromatic N) is 2. The smallest absolute Gasteiger partial charge is 0.234 e. The Kier molecular flexibility index (Phi) is 5.58. The van der Waals surface area contributed by atoms with Gasteiger partial charge in [0.1, 0.15) is 0 Å². The van der Waals surface area contributed by atoms with E-state index in [9.17, 15) is 4.79 Å². The van der Waals surface area contributed by atoms with Crippen molar-refractivity contribution in [3.8, 4) is 0 Å². The van der Waals surface area contributed by atoms with Crippen LogP contribution in [-0.2, 0) is 17.8 Å². The minimum Gasteiger partial charge on any atom is -0.353 e. The van der Waals surface area contributed by atoms with Gasteiger partial charge in [0.2, 0.25) is 5.91 Å². The van der Waals surface area contributed by atoms with E-state index in [2.05, 4.69) is 22.6 Å². The fourth-order valence-electron chi connectivity index (χ4n) is 1.53. The quantitative estimate of drug-likeness (QED) is 0.841. The topological polar surface area (TPSA) is 45.2 Å². The molecular weight excluding hydrogens is 234 g/mol. The van der Waals surface area contributed by atoms with Crippen molar-refractivity contribution < 1.29 is 4.79 Å². The molecular formula is C12H21N3OS. The molecule has 0 fully saturated rings. The molecule has 17 heavy (non-hydrogen) atoms. The average Bonchev–Trinajstić information content (AvgIpc) is 2.63. The molecule has 1 aromatic heterocycles. The Morgan fingerprint density at radius 2 is 2.29 bits per heavy atom. The lowest BCUT2D eigenvalue weighted by molar-refractivity contribution is -0.122. The highest BCUT2D eigenvalue weighted by atomic mass is 32.1. The first-order valence-electron chi connectivity index (χ1n) is 5.92. The molecule has 0 aliphatic carbocycles. The second-order valence-corrected chi connectivity index (χ2v) is 5.42. The molecule has 1 aromatic rings. The van der Waals surface area contributed by atoms with Crippen molar-refractivity contribution >= 4 is 17.2 Å². The molecule has 1 rings (SSSR count). The van der Waals surface area contributed by atoms with Crippen LogP contribution in [0, 0.1) is 0 Å². The summed E-state index contributed by atoms with van der Waals surface area (Å²) >= 11 is 1.68. The number of thiazole rings is 1. The zero-order valence-corrected chi connectivity index (χ0v) is 11.8. The number of aryl methyl sites for hydroxylation is 1. The van der Waals surface area contributed by atoms with E-state index in [1.54, 1.807) is 11.3 Å². The lowest BCUT2D eigenvalue weighted by Crippen LogP contribution is -2.38. The Morgan fingerprint density at radius 3 is 2.82 bits per heavy atom. The summed E-state index contributed by atoms with van der Waals surface area (Å²) in [5, 5.41) is 6.10.